The summed E-state index contributed by atoms with van der Waals surface area (Å²) in [5.41, 5.74) is 1.05. The molecule has 0 radical (unpaired) electrons. The van der Waals surface area contributed by atoms with Crippen LogP contribution in [0.5, 0.6) is 0 Å². The fourth-order valence-electron chi connectivity index (χ4n) is 1.77. The van der Waals surface area contributed by atoms with Crippen LogP contribution in [-0.2, 0) is 20.9 Å². The number of nitrogens with zero attached hydrogens (tertiary/aromatic N) is 1. The van der Waals surface area contributed by atoms with E-state index < -0.39 is 5.97 Å². The standard InChI is InChI=1S/C15H21NO4/c1-12(2)16(10-15(18)19)14(17)8-9-20-11-13-6-4-3-5-7-13/h3-7,12H,8-11H2,1-2H3,(H,18,19). The van der Waals surface area contributed by atoms with E-state index in [9.17, 15) is 9.59 Å². The van der Waals surface area contributed by atoms with E-state index in [-0.39, 0.29) is 31.5 Å². The van der Waals surface area contributed by atoms with Gasteiger partial charge in [-0.05, 0) is 19.4 Å². The molecule has 1 N–H and O–H groups in total. The van der Waals surface area contributed by atoms with Gasteiger partial charge in [0.2, 0.25) is 5.91 Å². The molecule has 0 fully saturated rings. The molecule has 0 atom stereocenters. The van der Waals surface area contributed by atoms with E-state index in [0.717, 1.165) is 5.56 Å². The minimum atomic E-state index is -1.00. The van der Waals surface area contributed by atoms with Crippen molar-refractivity contribution in [2.24, 2.45) is 0 Å². The van der Waals surface area contributed by atoms with Crippen molar-refractivity contribution < 1.29 is 19.4 Å². The summed E-state index contributed by atoms with van der Waals surface area (Å²) in [6, 6.07) is 9.56. The molecule has 5 heteroatoms. The predicted molar refractivity (Wildman–Crippen MR) is 75.2 cm³/mol. The summed E-state index contributed by atoms with van der Waals surface area (Å²) in [7, 11) is 0. The number of carboxylic acids is 1. The van der Waals surface area contributed by atoms with Crippen LogP contribution < -0.4 is 0 Å². The van der Waals surface area contributed by atoms with Crippen LogP contribution in [0.2, 0.25) is 0 Å². The maximum atomic E-state index is 11.9. The fraction of sp³-hybridized carbons (Fsp3) is 0.467. The Morgan fingerprint density at radius 3 is 2.45 bits per heavy atom. The van der Waals surface area contributed by atoms with Gasteiger partial charge >= 0.3 is 5.97 Å². The van der Waals surface area contributed by atoms with Crippen LogP contribution in [0.4, 0.5) is 0 Å². The fourth-order valence-corrected chi connectivity index (χ4v) is 1.77. The van der Waals surface area contributed by atoms with Gasteiger partial charge < -0.3 is 14.7 Å². The number of carbonyl (C=O) groups excluding carboxylic acids is 1. The summed E-state index contributed by atoms with van der Waals surface area (Å²) < 4.78 is 5.43. The Hall–Kier alpha value is -1.88. The summed E-state index contributed by atoms with van der Waals surface area (Å²) in [5, 5.41) is 8.78. The molecule has 0 unspecified atom stereocenters. The third kappa shape index (κ3) is 5.84. The van der Waals surface area contributed by atoms with Crippen molar-refractivity contribution in [3.05, 3.63) is 35.9 Å². The zero-order chi connectivity index (χ0) is 15.0. The Morgan fingerprint density at radius 2 is 1.90 bits per heavy atom. The average molecular weight is 279 g/mol. The molecule has 5 nitrogen and oxygen atoms in total. The Bertz CT molecular complexity index is 431. The minimum absolute atomic E-state index is 0.132. The lowest BCUT2D eigenvalue weighted by Gasteiger charge is -2.24. The van der Waals surface area contributed by atoms with Gasteiger partial charge in [0.1, 0.15) is 6.54 Å². The Balaban J connectivity index is 2.32. The maximum Gasteiger partial charge on any atom is 0.323 e. The molecule has 1 aromatic rings. The van der Waals surface area contributed by atoms with Gasteiger partial charge in [0, 0.05) is 6.04 Å². The minimum Gasteiger partial charge on any atom is -0.480 e. The van der Waals surface area contributed by atoms with E-state index in [0.29, 0.717) is 6.61 Å². The number of aliphatic carboxylic acids is 1. The van der Waals surface area contributed by atoms with E-state index in [1.807, 2.05) is 30.3 Å². The van der Waals surface area contributed by atoms with Crippen LogP contribution in [0.25, 0.3) is 0 Å². The molecule has 0 aromatic heterocycles. The van der Waals surface area contributed by atoms with E-state index in [1.54, 1.807) is 13.8 Å². The first-order valence-corrected chi connectivity index (χ1v) is 6.63. The van der Waals surface area contributed by atoms with Crippen molar-refractivity contribution >= 4 is 11.9 Å². The third-order valence-electron chi connectivity index (χ3n) is 2.82. The highest BCUT2D eigenvalue weighted by Gasteiger charge is 2.19. The smallest absolute Gasteiger partial charge is 0.323 e. The number of benzene rings is 1. The van der Waals surface area contributed by atoms with E-state index >= 15 is 0 Å². The van der Waals surface area contributed by atoms with Gasteiger partial charge in [-0.2, -0.15) is 0 Å². The number of ether oxygens (including phenoxy) is 1. The van der Waals surface area contributed by atoms with Crippen LogP contribution in [-0.4, -0.2) is 41.1 Å². The molecule has 20 heavy (non-hydrogen) atoms. The topological polar surface area (TPSA) is 66.8 Å². The highest BCUT2D eigenvalue weighted by molar-refractivity contribution is 5.81. The zero-order valence-corrected chi connectivity index (χ0v) is 11.9. The lowest BCUT2D eigenvalue weighted by Crippen LogP contribution is -2.41. The monoisotopic (exact) mass is 279 g/mol. The molecule has 0 bridgehead atoms. The summed E-state index contributed by atoms with van der Waals surface area (Å²) in [6.45, 7) is 4.07. The van der Waals surface area contributed by atoms with E-state index in [4.69, 9.17) is 9.84 Å². The van der Waals surface area contributed by atoms with Crippen molar-refractivity contribution in [2.45, 2.75) is 32.9 Å². The van der Waals surface area contributed by atoms with Crippen LogP contribution in [0, 0.1) is 0 Å². The lowest BCUT2D eigenvalue weighted by atomic mass is 10.2. The molecule has 0 aliphatic heterocycles. The molecule has 0 heterocycles. The molecule has 1 rings (SSSR count). The van der Waals surface area contributed by atoms with Gasteiger partial charge in [-0.25, -0.2) is 0 Å². The van der Waals surface area contributed by atoms with Crippen LogP contribution in [0.1, 0.15) is 25.8 Å². The molecule has 110 valence electrons. The van der Waals surface area contributed by atoms with Gasteiger partial charge in [0.25, 0.3) is 0 Å². The number of hydrogen-bond acceptors (Lipinski definition) is 3. The SMILES string of the molecule is CC(C)N(CC(=O)O)C(=O)CCOCc1ccccc1. The van der Waals surface area contributed by atoms with Gasteiger partial charge in [0.05, 0.1) is 19.6 Å². The van der Waals surface area contributed by atoms with Crippen molar-refractivity contribution in [1.82, 2.24) is 4.90 Å². The Morgan fingerprint density at radius 1 is 1.25 bits per heavy atom. The maximum absolute atomic E-state index is 11.9. The average Bonchev–Trinajstić information content (AvgIpc) is 2.41. The van der Waals surface area contributed by atoms with Crippen LogP contribution >= 0.6 is 0 Å². The summed E-state index contributed by atoms with van der Waals surface area (Å²) in [4.78, 5) is 24.0. The van der Waals surface area contributed by atoms with Crippen molar-refractivity contribution in [2.75, 3.05) is 13.2 Å². The van der Waals surface area contributed by atoms with Gasteiger partial charge in [0.15, 0.2) is 0 Å². The highest BCUT2D eigenvalue weighted by atomic mass is 16.5. The number of carboxylic acid groups (broad SMARTS) is 1. The number of hydrogen-bond donors (Lipinski definition) is 1. The summed E-state index contributed by atoms with van der Waals surface area (Å²) in [6.07, 6.45) is 0.193. The second-order valence-corrected chi connectivity index (χ2v) is 4.80. The lowest BCUT2D eigenvalue weighted by molar-refractivity contribution is -0.146. The molecule has 0 aliphatic carbocycles. The molecule has 1 aromatic carbocycles. The molecule has 0 spiro atoms. The molecule has 0 aliphatic rings. The van der Waals surface area contributed by atoms with Crippen molar-refractivity contribution in [1.29, 1.82) is 0 Å². The van der Waals surface area contributed by atoms with Crippen molar-refractivity contribution in [3.8, 4) is 0 Å². The van der Waals surface area contributed by atoms with Gasteiger partial charge in [-0.3, -0.25) is 9.59 Å². The summed E-state index contributed by atoms with van der Waals surface area (Å²) in [5.74, 6) is -1.20. The van der Waals surface area contributed by atoms with Crippen LogP contribution in [0.3, 0.4) is 0 Å². The third-order valence-corrected chi connectivity index (χ3v) is 2.82. The van der Waals surface area contributed by atoms with Crippen LogP contribution in [0.15, 0.2) is 30.3 Å². The first-order valence-electron chi connectivity index (χ1n) is 6.63. The zero-order valence-electron chi connectivity index (χ0n) is 11.9. The summed E-state index contributed by atoms with van der Waals surface area (Å²) >= 11 is 0. The first-order chi connectivity index (χ1) is 9.50. The number of carbonyl (C=O) groups is 2. The second kappa shape index (κ2) is 8.32. The molecule has 0 saturated carbocycles. The Kier molecular flexibility index (Phi) is 6.73. The highest BCUT2D eigenvalue weighted by Crippen LogP contribution is 2.04. The van der Waals surface area contributed by atoms with Gasteiger partial charge in [-0.1, -0.05) is 30.3 Å². The molecule has 1 amide bonds. The predicted octanol–water partition coefficient (Wildman–Crippen LogP) is 1.91. The van der Waals surface area contributed by atoms with E-state index in [2.05, 4.69) is 0 Å². The first kappa shape index (κ1) is 16.2. The molecule has 0 saturated heterocycles. The Labute approximate surface area is 119 Å². The number of amides is 1. The molecular formula is C15H21NO4. The quantitative estimate of drug-likeness (QED) is 0.738. The second-order valence-electron chi connectivity index (χ2n) is 4.80. The van der Waals surface area contributed by atoms with Gasteiger partial charge in [-0.15, -0.1) is 0 Å². The van der Waals surface area contributed by atoms with E-state index in [1.165, 1.54) is 4.90 Å². The largest absolute Gasteiger partial charge is 0.480 e. The van der Waals surface area contributed by atoms with Crippen molar-refractivity contribution in [3.63, 3.8) is 0 Å². The molecular weight excluding hydrogens is 258 g/mol. The number of rotatable bonds is 8. The normalized spacial score (nSPS) is 10.6.